The van der Waals surface area contributed by atoms with Gasteiger partial charge in [-0.1, -0.05) is 31.5 Å². The van der Waals surface area contributed by atoms with Gasteiger partial charge in [0.2, 0.25) is 5.91 Å². The second-order valence-corrected chi connectivity index (χ2v) is 7.20. The summed E-state index contributed by atoms with van der Waals surface area (Å²) in [5, 5.41) is 2.96. The quantitative estimate of drug-likeness (QED) is 0.864. The molecule has 1 N–H and O–H groups in total. The Labute approximate surface area is 154 Å². The minimum absolute atomic E-state index is 0.0564. The van der Waals surface area contributed by atoms with Gasteiger partial charge in [0.15, 0.2) is 0 Å². The van der Waals surface area contributed by atoms with Gasteiger partial charge >= 0.3 is 0 Å². The Kier molecular flexibility index (Phi) is 5.35. The van der Waals surface area contributed by atoms with Crippen molar-refractivity contribution in [3.63, 3.8) is 0 Å². The van der Waals surface area contributed by atoms with Crippen molar-refractivity contribution in [3.8, 4) is 0 Å². The number of pyridine rings is 1. The lowest BCUT2D eigenvalue weighted by Gasteiger charge is -2.25. The Balaban J connectivity index is 1.84. The van der Waals surface area contributed by atoms with Crippen LogP contribution in [0, 0.1) is 12.8 Å². The Bertz CT molecular complexity index is 799. The number of aryl methyl sites for hydroxylation is 1. The fraction of sp³-hybridized carbons (Fsp3) is 0.381. The van der Waals surface area contributed by atoms with Gasteiger partial charge in [-0.05, 0) is 43.5 Å². The number of nitrogens with zero attached hydrogens (tertiary/aromatic N) is 2. The van der Waals surface area contributed by atoms with Crippen molar-refractivity contribution < 1.29 is 9.59 Å². The number of benzene rings is 1. The monoisotopic (exact) mass is 351 g/mol. The molecular weight excluding hydrogens is 326 g/mol. The molecule has 0 aliphatic carbocycles. The van der Waals surface area contributed by atoms with Crippen LogP contribution in [0.15, 0.2) is 42.6 Å². The van der Waals surface area contributed by atoms with E-state index in [-0.39, 0.29) is 24.3 Å². The first-order valence-electron chi connectivity index (χ1n) is 9.09. The van der Waals surface area contributed by atoms with Crippen molar-refractivity contribution in [3.05, 3.63) is 59.4 Å². The fourth-order valence-electron chi connectivity index (χ4n) is 3.20. The summed E-state index contributed by atoms with van der Waals surface area (Å²) in [6, 6.07) is 10.9. The first kappa shape index (κ1) is 18.1. The van der Waals surface area contributed by atoms with Crippen LogP contribution in [0.3, 0.4) is 0 Å². The highest BCUT2D eigenvalue weighted by Gasteiger charge is 2.39. The highest BCUT2D eigenvalue weighted by Crippen LogP contribution is 2.38. The van der Waals surface area contributed by atoms with Gasteiger partial charge in [-0.15, -0.1) is 0 Å². The van der Waals surface area contributed by atoms with Crippen molar-refractivity contribution in [2.75, 3.05) is 11.4 Å². The number of hydrogen-bond acceptors (Lipinski definition) is 3. The zero-order valence-corrected chi connectivity index (χ0v) is 15.5. The standard InChI is InChI=1S/C21H25N3O2/c1-14(2)10-12-22-19(25)13-18-20-17(5-4-11-23-20)21(26)24(18)16-8-6-15(3)7-9-16/h4-9,11,14,18H,10,12-13H2,1-3H3,(H,22,25). The van der Waals surface area contributed by atoms with Gasteiger partial charge in [0.05, 0.1) is 23.7 Å². The highest BCUT2D eigenvalue weighted by molar-refractivity contribution is 6.11. The van der Waals surface area contributed by atoms with E-state index >= 15 is 0 Å². The second-order valence-electron chi connectivity index (χ2n) is 7.20. The third kappa shape index (κ3) is 3.77. The topological polar surface area (TPSA) is 62.3 Å². The minimum Gasteiger partial charge on any atom is -0.356 e. The third-order valence-electron chi connectivity index (χ3n) is 4.65. The lowest BCUT2D eigenvalue weighted by molar-refractivity contribution is -0.121. The SMILES string of the molecule is Cc1ccc(N2C(=O)c3cccnc3C2CC(=O)NCCC(C)C)cc1. The van der Waals surface area contributed by atoms with E-state index in [2.05, 4.69) is 24.1 Å². The van der Waals surface area contributed by atoms with Crippen LogP contribution < -0.4 is 10.2 Å². The molecule has 2 aromatic rings. The lowest BCUT2D eigenvalue weighted by Crippen LogP contribution is -2.33. The van der Waals surface area contributed by atoms with Crippen LogP contribution >= 0.6 is 0 Å². The number of carbonyl (C=O) groups is 2. The summed E-state index contributed by atoms with van der Waals surface area (Å²) in [6.45, 7) is 6.91. The predicted molar refractivity (Wildman–Crippen MR) is 102 cm³/mol. The zero-order chi connectivity index (χ0) is 18.7. The van der Waals surface area contributed by atoms with Gasteiger partial charge < -0.3 is 5.32 Å². The maximum atomic E-state index is 12.9. The fourth-order valence-corrected chi connectivity index (χ4v) is 3.20. The molecule has 1 atom stereocenters. The Hall–Kier alpha value is -2.69. The summed E-state index contributed by atoms with van der Waals surface area (Å²) in [6.07, 6.45) is 2.82. The molecule has 136 valence electrons. The molecule has 1 aromatic heterocycles. The van der Waals surface area contributed by atoms with Crippen molar-refractivity contribution >= 4 is 17.5 Å². The van der Waals surface area contributed by atoms with E-state index in [1.54, 1.807) is 23.2 Å². The van der Waals surface area contributed by atoms with Crippen molar-refractivity contribution in [1.82, 2.24) is 10.3 Å². The molecule has 5 heteroatoms. The van der Waals surface area contributed by atoms with Gasteiger partial charge in [0.25, 0.3) is 5.91 Å². The normalized spacial score (nSPS) is 16.1. The molecule has 0 bridgehead atoms. The summed E-state index contributed by atoms with van der Waals surface area (Å²) >= 11 is 0. The van der Waals surface area contributed by atoms with Crippen molar-refractivity contribution in [2.45, 2.75) is 39.7 Å². The molecule has 0 spiro atoms. The first-order valence-corrected chi connectivity index (χ1v) is 9.09. The third-order valence-corrected chi connectivity index (χ3v) is 4.65. The smallest absolute Gasteiger partial charge is 0.260 e. The molecule has 0 saturated carbocycles. The summed E-state index contributed by atoms with van der Waals surface area (Å²) < 4.78 is 0. The number of amides is 2. The van der Waals surface area contributed by atoms with Crippen molar-refractivity contribution in [2.24, 2.45) is 5.92 Å². The molecule has 1 aliphatic rings. The summed E-state index contributed by atoms with van der Waals surface area (Å²) in [7, 11) is 0. The van der Waals surface area contributed by atoms with Gasteiger partial charge in [-0.3, -0.25) is 19.5 Å². The van der Waals surface area contributed by atoms with E-state index in [0.717, 1.165) is 17.7 Å². The number of anilines is 1. The van der Waals surface area contributed by atoms with Crippen LogP contribution in [-0.4, -0.2) is 23.3 Å². The highest BCUT2D eigenvalue weighted by atomic mass is 16.2. The van der Waals surface area contributed by atoms with Crippen LogP contribution in [-0.2, 0) is 4.79 Å². The lowest BCUT2D eigenvalue weighted by atomic mass is 10.1. The number of aromatic nitrogens is 1. The molecule has 1 aromatic carbocycles. The zero-order valence-electron chi connectivity index (χ0n) is 15.5. The average Bonchev–Trinajstić information content (AvgIpc) is 2.88. The maximum Gasteiger partial charge on any atom is 0.260 e. The van der Waals surface area contributed by atoms with E-state index in [1.807, 2.05) is 31.2 Å². The molecular formula is C21H25N3O2. The largest absolute Gasteiger partial charge is 0.356 e. The van der Waals surface area contributed by atoms with Crippen LogP contribution in [0.4, 0.5) is 5.69 Å². The predicted octanol–water partition coefficient (Wildman–Crippen LogP) is 3.64. The van der Waals surface area contributed by atoms with Crippen LogP contribution in [0.5, 0.6) is 0 Å². The Morgan fingerprint density at radius 3 is 2.65 bits per heavy atom. The summed E-state index contributed by atoms with van der Waals surface area (Å²) in [4.78, 5) is 31.5. The summed E-state index contributed by atoms with van der Waals surface area (Å²) in [5.41, 5.74) is 3.17. The number of rotatable bonds is 6. The number of hydrogen-bond donors (Lipinski definition) is 1. The number of nitrogens with one attached hydrogen (secondary N) is 1. The van der Waals surface area contributed by atoms with E-state index in [9.17, 15) is 9.59 Å². The molecule has 5 nitrogen and oxygen atoms in total. The molecule has 26 heavy (non-hydrogen) atoms. The molecule has 2 heterocycles. The van der Waals surface area contributed by atoms with E-state index in [1.165, 1.54) is 0 Å². The van der Waals surface area contributed by atoms with Gasteiger partial charge in [0.1, 0.15) is 0 Å². The van der Waals surface area contributed by atoms with Gasteiger partial charge in [0, 0.05) is 18.4 Å². The van der Waals surface area contributed by atoms with Crippen LogP contribution in [0.1, 0.15) is 54.3 Å². The summed E-state index contributed by atoms with van der Waals surface area (Å²) in [5.74, 6) is 0.380. The van der Waals surface area contributed by atoms with Gasteiger partial charge in [-0.25, -0.2) is 0 Å². The molecule has 3 rings (SSSR count). The molecule has 2 amide bonds. The van der Waals surface area contributed by atoms with E-state index in [4.69, 9.17) is 0 Å². The van der Waals surface area contributed by atoms with E-state index in [0.29, 0.717) is 23.7 Å². The van der Waals surface area contributed by atoms with Crippen LogP contribution in [0.25, 0.3) is 0 Å². The Morgan fingerprint density at radius 1 is 1.23 bits per heavy atom. The number of carbonyl (C=O) groups excluding carboxylic acids is 2. The molecule has 0 saturated heterocycles. The average molecular weight is 351 g/mol. The maximum absolute atomic E-state index is 12.9. The van der Waals surface area contributed by atoms with Crippen LogP contribution in [0.2, 0.25) is 0 Å². The Morgan fingerprint density at radius 2 is 1.96 bits per heavy atom. The minimum atomic E-state index is -0.375. The molecule has 1 unspecified atom stereocenters. The first-order chi connectivity index (χ1) is 12.5. The molecule has 0 radical (unpaired) electrons. The van der Waals surface area contributed by atoms with Crippen molar-refractivity contribution in [1.29, 1.82) is 0 Å². The van der Waals surface area contributed by atoms with E-state index < -0.39 is 0 Å². The number of fused-ring (bicyclic) bond motifs is 1. The second kappa shape index (κ2) is 7.68. The molecule has 0 fully saturated rings. The molecule has 1 aliphatic heterocycles. The van der Waals surface area contributed by atoms with Gasteiger partial charge in [-0.2, -0.15) is 0 Å².